The zero-order valence-corrected chi connectivity index (χ0v) is 21.7. The standard InChI is InChI=1S/C30H38N2O4/c1-5-17-32-18-16-29(24-9-7-11-27(20-24)35-3)21-25(14-15-30(29,22-32)36-4)31(2)28(34)13-12-23-8-6-10-26(33)19-23/h5-13,19-20,25,33H,1,14-18,21-22H2,2-4H3/t25-,29-,30-/m0/s1. The van der Waals surface area contributed by atoms with Gasteiger partial charge in [-0.15, -0.1) is 6.58 Å². The molecule has 0 unspecified atom stereocenters. The van der Waals surface area contributed by atoms with Crippen molar-refractivity contribution >= 4 is 12.0 Å². The zero-order valence-electron chi connectivity index (χ0n) is 21.7. The van der Waals surface area contributed by atoms with Crippen molar-refractivity contribution in [3.8, 4) is 11.5 Å². The van der Waals surface area contributed by atoms with Gasteiger partial charge in [0, 0.05) is 44.8 Å². The van der Waals surface area contributed by atoms with Gasteiger partial charge in [-0.05, 0) is 73.7 Å². The quantitative estimate of drug-likeness (QED) is 0.432. The van der Waals surface area contributed by atoms with Crippen molar-refractivity contribution < 1.29 is 19.4 Å². The van der Waals surface area contributed by atoms with Gasteiger partial charge in [-0.2, -0.15) is 0 Å². The van der Waals surface area contributed by atoms with Crippen molar-refractivity contribution in [2.75, 3.05) is 40.9 Å². The molecule has 1 aliphatic heterocycles. The summed E-state index contributed by atoms with van der Waals surface area (Å²) in [7, 11) is 5.42. The van der Waals surface area contributed by atoms with Gasteiger partial charge in [-0.1, -0.05) is 30.3 Å². The molecule has 2 aromatic carbocycles. The molecule has 0 spiro atoms. The lowest BCUT2D eigenvalue weighted by Gasteiger charge is -2.60. The lowest BCUT2D eigenvalue weighted by molar-refractivity contribution is -0.157. The highest BCUT2D eigenvalue weighted by Crippen LogP contribution is 2.54. The van der Waals surface area contributed by atoms with Crippen LogP contribution in [0, 0.1) is 0 Å². The molecule has 2 fully saturated rings. The number of carbonyl (C=O) groups is 1. The summed E-state index contributed by atoms with van der Waals surface area (Å²) in [4.78, 5) is 17.5. The van der Waals surface area contributed by atoms with Crippen LogP contribution in [0.25, 0.3) is 6.08 Å². The monoisotopic (exact) mass is 490 g/mol. The fraction of sp³-hybridized carbons (Fsp3) is 0.433. The van der Waals surface area contributed by atoms with E-state index < -0.39 is 0 Å². The Morgan fingerprint density at radius 2 is 2.03 bits per heavy atom. The zero-order chi connectivity index (χ0) is 25.8. The number of hydrogen-bond acceptors (Lipinski definition) is 5. The minimum Gasteiger partial charge on any atom is -0.508 e. The molecule has 36 heavy (non-hydrogen) atoms. The number of likely N-dealkylation sites (tertiary alicyclic amines) is 1. The normalized spacial score (nSPS) is 26.4. The van der Waals surface area contributed by atoms with E-state index in [-0.39, 0.29) is 28.7 Å². The molecule has 4 rings (SSSR count). The largest absolute Gasteiger partial charge is 0.508 e. The fourth-order valence-electron chi connectivity index (χ4n) is 6.25. The van der Waals surface area contributed by atoms with E-state index in [1.165, 1.54) is 5.56 Å². The summed E-state index contributed by atoms with van der Waals surface area (Å²) in [6, 6.07) is 15.3. The van der Waals surface area contributed by atoms with E-state index in [0.717, 1.165) is 56.6 Å². The van der Waals surface area contributed by atoms with Gasteiger partial charge in [0.25, 0.3) is 0 Å². The van der Waals surface area contributed by atoms with E-state index in [0.29, 0.717) is 0 Å². The molecule has 2 aromatic rings. The lowest BCUT2D eigenvalue weighted by Crippen LogP contribution is -2.68. The third kappa shape index (κ3) is 4.93. The third-order valence-corrected chi connectivity index (χ3v) is 8.26. The Labute approximate surface area is 214 Å². The molecular weight excluding hydrogens is 452 g/mol. The number of aromatic hydroxyl groups is 1. The Morgan fingerprint density at radius 1 is 1.22 bits per heavy atom. The van der Waals surface area contributed by atoms with Gasteiger partial charge in [-0.25, -0.2) is 0 Å². The lowest BCUT2D eigenvalue weighted by atomic mass is 9.55. The molecule has 6 heteroatoms. The molecule has 1 saturated carbocycles. The van der Waals surface area contributed by atoms with Crippen LogP contribution >= 0.6 is 0 Å². The summed E-state index contributed by atoms with van der Waals surface area (Å²) in [5, 5.41) is 9.72. The number of ether oxygens (including phenoxy) is 2. The van der Waals surface area contributed by atoms with Crippen LogP contribution in [0.3, 0.4) is 0 Å². The molecule has 6 nitrogen and oxygen atoms in total. The first kappa shape index (κ1) is 26.0. The van der Waals surface area contributed by atoms with Crippen molar-refractivity contribution in [1.29, 1.82) is 0 Å². The Bertz CT molecular complexity index is 1120. The average Bonchev–Trinajstić information content (AvgIpc) is 2.91. The number of nitrogens with zero attached hydrogens (tertiary/aromatic N) is 2. The number of rotatable bonds is 8. The summed E-state index contributed by atoms with van der Waals surface area (Å²) < 4.78 is 12.0. The van der Waals surface area contributed by atoms with Crippen LogP contribution in [-0.4, -0.2) is 73.4 Å². The summed E-state index contributed by atoms with van der Waals surface area (Å²) in [6.07, 6.45) is 8.78. The summed E-state index contributed by atoms with van der Waals surface area (Å²) >= 11 is 0. The molecular formula is C30H38N2O4. The van der Waals surface area contributed by atoms with Gasteiger partial charge >= 0.3 is 0 Å². The van der Waals surface area contributed by atoms with Crippen molar-refractivity contribution in [3.63, 3.8) is 0 Å². The molecule has 0 bridgehead atoms. The number of benzene rings is 2. The average molecular weight is 491 g/mol. The fourth-order valence-corrected chi connectivity index (χ4v) is 6.25. The predicted octanol–water partition coefficient (Wildman–Crippen LogP) is 4.64. The van der Waals surface area contributed by atoms with Gasteiger partial charge in [0.1, 0.15) is 11.5 Å². The van der Waals surface area contributed by atoms with Crippen molar-refractivity contribution in [2.45, 2.75) is 42.7 Å². The number of methoxy groups -OCH3 is 2. The number of carbonyl (C=O) groups excluding carboxylic acids is 1. The number of phenolic OH excluding ortho intramolecular Hbond substituents is 1. The molecule has 1 amide bonds. The molecule has 1 heterocycles. The summed E-state index contributed by atoms with van der Waals surface area (Å²) in [5.41, 5.74) is 1.39. The van der Waals surface area contributed by atoms with Crippen LogP contribution < -0.4 is 4.74 Å². The van der Waals surface area contributed by atoms with E-state index in [1.54, 1.807) is 37.5 Å². The Hall–Kier alpha value is -3.09. The highest BCUT2D eigenvalue weighted by atomic mass is 16.5. The maximum Gasteiger partial charge on any atom is 0.246 e. The van der Waals surface area contributed by atoms with Gasteiger partial charge in [0.15, 0.2) is 0 Å². The number of fused-ring (bicyclic) bond motifs is 1. The first-order valence-corrected chi connectivity index (χ1v) is 12.6. The molecule has 0 aromatic heterocycles. The summed E-state index contributed by atoms with van der Waals surface area (Å²) in [5.74, 6) is 0.975. The maximum atomic E-state index is 13.2. The second kappa shape index (κ2) is 10.9. The topological polar surface area (TPSA) is 62.2 Å². The first-order chi connectivity index (χ1) is 17.4. The van der Waals surface area contributed by atoms with Crippen molar-refractivity contribution in [1.82, 2.24) is 9.80 Å². The van der Waals surface area contributed by atoms with E-state index in [4.69, 9.17) is 9.47 Å². The van der Waals surface area contributed by atoms with E-state index >= 15 is 0 Å². The van der Waals surface area contributed by atoms with Gasteiger partial charge in [0.05, 0.1) is 12.7 Å². The third-order valence-electron chi connectivity index (χ3n) is 8.26. The second-order valence-corrected chi connectivity index (χ2v) is 10.1. The first-order valence-electron chi connectivity index (χ1n) is 12.6. The minimum absolute atomic E-state index is 0.0434. The van der Waals surface area contributed by atoms with Crippen LogP contribution in [0.2, 0.25) is 0 Å². The number of amides is 1. The Morgan fingerprint density at radius 3 is 2.75 bits per heavy atom. The van der Waals surface area contributed by atoms with E-state index in [9.17, 15) is 9.90 Å². The smallest absolute Gasteiger partial charge is 0.246 e. The molecule has 3 atom stereocenters. The van der Waals surface area contributed by atoms with Gasteiger partial charge in [-0.3, -0.25) is 9.69 Å². The predicted molar refractivity (Wildman–Crippen MR) is 143 cm³/mol. The molecule has 1 N–H and O–H groups in total. The molecule has 1 aliphatic carbocycles. The van der Waals surface area contributed by atoms with Gasteiger partial charge < -0.3 is 19.5 Å². The molecule has 192 valence electrons. The molecule has 1 saturated heterocycles. The molecule has 2 aliphatic rings. The number of likely N-dealkylation sites (N-methyl/N-ethyl adjacent to an activating group) is 1. The van der Waals surface area contributed by atoms with Crippen LogP contribution in [0.15, 0.2) is 67.3 Å². The number of phenols is 1. The Balaban J connectivity index is 1.64. The Kier molecular flexibility index (Phi) is 7.86. The SMILES string of the molecule is C=CCN1CC[C@@]2(c3cccc(OC)c3)C[C@@H](N(C)C(=O)C=Cc3cccc(O)c3)CC[C@]2(OC)C1. The van der Waals surface area contributed by atoms with Crippen LogP contribution in [0.5, 0.6) is 11.5 Å². The van der Waals surface area contributed by atoms with Crippen molar-refractivity contribution in [2.24, 2.45) is 0 Å². The van der Waals surface area contributed by atoms with E-state index in [1.807, 2.05) is 37.3 Å². The maximum absolute atomic E-state index is 13.2. The highest BCUT2D eigenvalue weighted by molar-refractivity contribution is 5.91. The van der Waals surface area contributed by atoms with Crippen LogP contribution in [0.1, 0.15) is 36.8 Å². The molecule has 0 radical (unpaired) electrons. The highest BCUT2D eigenvalue weighted by Gasteiger charge is 2.59. The number of piperidine rings is 1. The minimum atomic E-state index is -0.363. The van der Waals surface area contributed by atoms with E-state index in [2.05, 4.69) is 29.7 Å². The number of hydrogen-bond donors (Lipinski definition) is 1. The van der Waals surface area contributed by atoms with Crippen LogP contribution in [0.4, 0.5) is 0 Å². The summed E-state index contributed by atoms with van der Waals surface area (Å²) in [6.45, 7) is 6.54. The second-order valence-electron chi connectivity index (χ2n) is 10.1. The van der Waals surface area contributed by atoms with Crippen molar-refractivity contribution in [3.05, 3.63) is 78.4 Å². The van der Waals surface area contributed by atoms with Gasteiger partial charge in [0.2, 0.25) is 5.91 Å². The van der Waals surface area contributed by atoms with Crippen LogP contribution in [-0.2, 0) is 14.9 Å².